The Bertz CT molecular complexity index is 884. The molecule has 1 spiro atoms. The van der Waals surface area contributed by atoms with E-state index in [1.807, 2.05) is 22.7 Å². The number of anilines is 1. The predicted molar refractivity (Wildman–Crippen MR) is 105 cm³/mol. The van der Waals surface area contributed by atoms with E-state index in [4.69, 9.17) is 0 Å². The number of aromatic nitrogens is 3. The number of amides is 2. The number of likely N-dealkylation sites (tertiary alicyclic amines) is 1. The lowest BCUT2D eigenvalue weighted by atomic mass is 9.91. The van der Waals surface area contributed by atoms with Gasteiger partial charge in [-0.1, -0.05) is 6.92 Å². The van der Waals surface area contributed by atoms with Crippen molar-refractivity contribution in [1.29, 1.82) is 0 Å². The summed E-state index contributed by atoms with van der Waals surface area (Å²) < 4.78 is 2.04. The highest BCUT2D eigenvalue weighted by Gasteiger charge is 2.45. The van der Waals surface area contributed by atoms with Gasteiger partial charge in [0.2, 0.25) is 5.91 Å². The normalized spacial score (nSPS) is 18.1. The molecule has 0 saturated carbocycles. The van der Waals surface area contributed by atoms with Gasteiger partial charge in [0.1, 0.15) is 17.3 Å². The van der Waals surface area contributed by atoms with E-state index < -0.39 is 5.66 Å². The fourth-order valence-corrected chi connectivity index (χ4v) is 4.23. The molecule has 2 aromatic heterocycles. The van der Waals surface area contributed by atoms with Crippen molar-refractivity contribution in [2.75, 3.05) is 25.0 Å². The number of carbonyl (C=O) groups excluding carboxylic acids is 2. The summed E-state index contributed by atoms with van der Waals surface area (Å²) in [5.74, 6) is 1.77. The van der Waals surface area contributed by atoms with E-state index in [2.05, 4.69) is 27.1 Å². The molecule has 0 radical (unpaired) electrons. The molecule has 2 aliphatic rings. The molecule has 148 valence electrons. The lowest BCUT2D eigenvalue weighted by molar-refractivity contribution is -0.133. The molecule has 2 amide bonds. The van der Waals surface area contributed by atoms with Crippen LogP contribution in [0.4, 0.5) is 5.82 Å². The second-order valence-electron chi connectivity index (χ2n) is 7.44. The van der Waals surface area contributed by atoms with Crippen molar-refractivity contribution in [2.24, 2.45) is 0 Å². The fraction of sp³-hybridized carbons (Fsp3) is 0.500. The Morgan fingerprint density at radius 2 is 2.04 bits per heavy atom. The molecule has 4 heterocycles. The first-order valence-electron chi connectivity index (χ1n) is 9.83. The van der Waals surface area contributed by atoms with Gasteiger partial charge in [-0.15, -0.1) is 0 Å². The fourth-order valence-electron chi connectivity index (χ4n) is 4.23. The van der Waals surface area contributed by atoms with Crippen LogP contribution >= 0.6 is 0 Å². The maximum atomic E-state index is 12.7. The number of hydrogen-bond donors (Lipinski definition) is 1. The van der Waals surface area contributed by atoms with E-state index in [1.165, 1.54) is 0 Å². The Balaban J connectivity index is 1.39. The predicted octanol–water partition coefficient (Wildman–Crippen LogP) is 1.43. The van der Waals surface area contributed by atoms with E-state index in [0.29, 0.717) is 50.3 Å². The second kappa shape index (κ2) is 7.26. The van der Waals surface area contributed by atoms with Crippen LogP contribution in [0.1, 0.15) is 42.4 Å². The van der Waals surface area contributed by atoms with Crippen molar-refractivity contribution < 1.29 is 9.59 Å². The van der Waals surface area contributed by atoms with E-state index >= 15 is 0 Å². The van der Waals surface area contributed by atoms with Crippen LogP contribution in [0.3, 0.4) is 0 Å². The Morgan fingerprint density at radius 1 is 1.25 bits per heavy atom. The minimum Gasteiger partial charge on any atom is -0.342 e. The topological polar surface area (TPSA) is 83.4 Å². The molecule has 2 aromatic rings. The lowest BCUT2D eigenvalue weighted by Gasteiger charge is -2.50. The summed E-state index contributed by atoms with van der Waals surface area (Å²) in [5.41, 5.74) is 0.121. The first-order valence-corrected chi connectivity index (χ1v) is 9.83. The molecule has 8 nitrogen and oxygen atoms in total. The van der Waals surface area contributed by atoms with Crippen LogP contribution in [0.15, 0.2) is 30.7 Å². The van der Waals surface area contributed by atoms with Crippen LogP contribution in [0.5, 0.6) is 0 Å². The zero-order valence-electron chi connectivity index (χ0n) is 16.4. The molecule has 0 aromatic carbocycles. The van der Waals surface area contributed by atoms with Crippen molar-refractivity contribution >= 4 is 17.6 Å². The average molecular weight is 382 g/mol. The smallest absolute Gasteiger partial charge is 0.256 e. The zero-order chi connectivity index (χ0) is 19.7. The van der Waals surface area contributed by atoms with Gasteiger partial charge in [-0.25, -0.2) is 9.97 Å². The standard InChI is InChI=1S/C20H26N6O2/c1-3-16-21-10-14-25(16)11-6-17(27)26-12-7-20(8-13-26)23-19(28)15-5-4-9-22-18(15)24(20)2/h4-5,9-10,14H,3,6-8,11-13H2,1-2H3,(H,23,28). The van der Waals surface area contributed by atoms with Gasteiger partial charge in [0, 0.05) is 71.0 Å². The van der Waals surface area contributed by atoms with Gasteiger partial charge in [0.05, 0.1) is 5.56 Å². The SMILES string of the molecule is CCc1nccn1CCC(=O)N1CCC2(CC1)NC(=O)c1cccnc1N2C. The second-order valence-corrected chi connectivity index (χ2v) is 7.44. The molecule has 1 N–H and O–H groups in total. The number of carbonyl (C=O) groups is 2. The van der Waals surface area contributed by atoms with Gasteiger partial charge in [-0.3, -0.25) is 9.59 Å². The van der Waals surface area contributed by atoms with E-state index in [-0.39, 0.29) is 11.8 Å². The van der Waals surface area contributed by atoms with Gasteiger partial charge in [-0.05, 0) is 12.1 Å². The quantitative estimate of drug-likeness (QED) is 0.865. The minimum absolute atomic E-state index is 0.0896. The maximum absolute atomic E-state index is 12.7. The molecule has 0 atom stereocenters. The minimum atomic E-state index is -0.477. The van der Waals surface area contributed by atoms with Crippen LogP contribution in [-0.4, -0.2) is 57.0 Å². The summed E-state index contributed by atoms with van der Waals surface area (Å²) in [5, 5.41) is 3.16. The molecule has 1 saturated heterocycles. The number of nitrogens with one attached hydrogen (secondary N) is 1. The number of pyridine rings is 1. The van der Waals surface area contributed by atoms with Crippen LogP contribution in [0, 0.1) is 0 Å². The summed E-state index contributed by atoms with van der Waals surface area (Å²) in [7, 11) is 1.97. The lowest BCUT2D eigenvalue weighted by Crippen LogP contribution is -2.67. The molecule has 1 fully saturated rings. The monoisotopic (exact) mass is 382 g/mol. The van der Waals surface area contributed by atoms with Crippen molar-refractivity contribution in [1.82, 2.24) is 24.8 Å². The highest BCUT2D eigenvalue weighted by atomic mass is 16.2. The molecular weight excluding hydrogens is 356 g/mol. The molecule has 0 bridgehead atoms. The number of fused-ring (bicyclic) bond motifs is 1. The molecule has 2 aliphatic heterocycles. The van der Waals surface area contributed by atoms with Crippen LogP contribution in [0.25, 0.3) is 0 Å². The highest BCUT2D eigenvalue weighted by Crippen LogP contribution is 2.34. The molecule has 4 rings (SSSR count). The first-order chi connectivity index (χ1) is 13.5. The third kappa shape index (κ3) is 3.12. The number of imidazole rings is 1. The molecule has 8 heteroatoms. The third-order valence-corrected chi connectivity index (χ3v) is 5.97. The van der Waals surface area contributed by atoms with Gasteiger partial charge in [-0.2, -0.15) is 0 Å². The van der Waals surface area contributed by atoms with Crippen molar-refractivity contribution in [3.05, 3.63) is 42.1 Å². The molecular formula is C20H26N6O2. The average Bonchev–Trinajstić information content (AvgIpc) is 3.18. The Labute approximate surface area is 164 Å². The van der Waals surface area contributed by atoms with Gasteiger partial charge in [0.15, 0.2) is 0 Å². The first kappa shape index (κ1) is 18.5. The van der Waals surface area contributed by atoms with Crippen molar-refractivity contribution in [2.45, 2.75) is 44.8 Å². The summed E-state index contributed by atoms with van der Waals surface area (Å²) in [6.45, 7) is 3.96. The van der Waals surface area contributed by atoms with Gasteiger partial charge < -0.3 is 19.7 Å². The third-order valence-electron chi connectivity index (χ3n) is 5.97. The zero-order valence-corrected chi connectivity index (χ0v) is 16.4. The van der Waals surface area contributed by atoms with E-state index in [1.54, 1.807) is 24.5 Å². The molecule has 0 aliphatic carbocycles. The number of aryl methyl sites for hydroxylation is 2. The Hall–Kier alpha value is -2.90. The summed E-state index contributed by atoms with van der Waals surface area (Å²) in [6, 6.07) is 3.57. The summed E-state index contributed by atoms with van der Waals surface area (Å²) >= 11 is 0. The highest BCUT2D eigenvalue weighted by molar-refractivity contribution is 6.01. The van der Waals surface area contributed by atoms with Crippen molar-refractivity contribution in [3.63, 3.8) is 0 Å². The number of nitrogens with zero attached hydrogens (tertiary/aromatic N) is 5. The Morgan fingerprint density at radius 3 is 2.79 bits per heavy atom. The molecule has 28 heavy (non-hydrogen) atoms. The number of hydrogen-bond acceptors (Lipinski definition) is 5. The van der Waals surface area contributed by atoms with E-state index in [0.717, 1.165) is 12.2 Å². The van der Waals surface area contributed by atoms with Gasteiger partial charge >= 0.3 is 0 Å². The summed E-state index contributed by atoms with van der Waals surface area (Å²) in [4.78, 5) is 37.9. The number of piperidine rings is 1. The van der Waals surface area contributed by atoms with Crippen LogP contribution in [0.2, 0.25) is 0 Å². The molecule has 0 unspecified atom stereocenters. The largest absolute Gasteiger partial charge is 0.342 e. The van der Waals surface area contributed by atoms with E-state index in [9.17, 15) is 9.59 Å². The van der Waals surface area contributed by atoms with Crippen LogP contribution in [-0.2, 0) is 17.8 Å². The maximum Gasteiger partial charge on any atom is 0.256 e. The Kier molecular flexibility index (Phi) is 4.78. The van der Waals surface area contributed by atoms with Crippen LogP contribution < -0.4 is 10.2 Å². The van der Waals surface area contributed by atoms with Gasteiger partial charge in [0.25, 0.3) is 5.91 Å². The summed E-state index contributed by atoms with van der Waals surface area (Å²) in [6.07, 6.45) is 8.10. The van der Waals surface area contributed by atoms with Crippen molar-refractivity contribution in [3.8, 4) is 0 Å². The number of rotatable bonds is 4.